The fourth-order valence-electron chi connectivity index (χ4n) is 3.54. The van der Waals surface area contributed by atoms with Crippen molar-refractivity contribution in [3.8, 4) is 0 Å². The number of hydrogen-bond donors (Lipinski definition) is 0. The van der Waals surface area contributed by atoms with Crippen LogP contribution in [-0.4, -0.2) is 61.9 Å². The highest BCUT2D eigenvalue weighted by atomic mass is 35.5. The number of likely N-dealkylation sites (N-methyl/N-ethyl adjacent to an activating group) is 1. The van der Waals surface area contributed by atoms with Gasteiger partial charge in [-0.3, -0.25) is 9.59 Å². The highest BCUT2D eigenvalue weighted by molar-refractivity contribution is 6.44. The van der Waals surface area contributed by atoms with E-state index in [0.717, 1.165) is 32.2 Å². The Hall–Kier alpha value is -1.30. The average Bonchev–Trinajstić information content (AvgIpc) is 3.49. The lowest BCUT2D eigenvalue weighted by Gasteiger charge is -2.35. The summed E-state index contributed by atoms with van der Waals surface area (Å²) in [6.07, 6.45) is 3.63. The Morgan fingerprint density at radius 1 is 1.11 bits per heavy atom. The lowest BCUT2D eigenvalue weighted by atomic mass is 9.95. The molecule has 1 aromatic rings. The summed E-state index contributed by atoms with van der Waals surface area (Å²) in [6, 6.07) is 5.36. The number of amides is 2. The summed E-state index contributed by atoms with van der Waals surface area (Å²) in [7, 11) is 3.94. The second-order valence-corrected chi connectivity index (χ2v) is 8.55. The van der Waals surface area contributed by atoms with Crippen molar-refractivity contribution >= 4 is 40.7 Å². The molecular formula is C20H27Cl2N3O2. The van der Waals surface area contributed by atoms with Gasteiger partial charge in [0.2, 0.25) is 11.8 Å². The van der Waals surface area contributed by atoms with Crippen LogP contribution in [0.2, 0.25) is 10.0 Å². The average molecular weight is 412 g/mol. The zero-order valence-corrected chi connectivity index (χ0v) is 17.5. The molecule has 0 bridgehead atoms. The molecule has 1 atom stereocenters. The first-order chi connectivity index (χ1) is 12.9. The molecule has 1 aliphatic heterocycles. The normalized spacial score (nSPS) is 20.0. The van der Waals surface area contributed by atoms with Crippen LogP contribution in [-0.2, 0) is 9.59 Å². The molecule has 1 saturated carbocycles. The van der Waals surface area contributed by atoms with Gasteiger partial charge in [0.25, 0.3) is 0 Å². The third kappa shape index (κ3) is 4.95. The van der Waals surface area contributed by atoms with Crippen molar-refractivity contribution in [2.24, 2.45) is 11.8 Å². The first-order valence-electron chi connectivity index (χ1n) is 9.57. The van der Waals surface area contributed by atoms with Gasteiger partial charge in [0.15, 0.2) is 0 Å². The minimum Gasteiger partial charge on any atom is -0.342 e. The number of halogens is 2. The second kappa shape index (κ2) is 8.80. The van der Waals surface area contributed by atoms with Crippen LogP contribution < -0.4 is 4.90 Å². The minimum absolute atomic E-state index is 0.0225. The van der Waals surface area contributed by atoms with E-state index in [1.165, 1.54) is 0 Å². The van der Waals surface area contributed by atoms with E-state index in [2.05, 4.69) is 0 Å². The Kier molecular flexibility index (Phi) is 6.66. The zero-order chi connectivity index (χ0) is 19.6. The van der Waals surface area contributed by atoms with Crippen LogP contribution in [0.3, 0.4) is 0 Å². The molecule has 3 rings (SSSR count). The van der Waals surface area contributed by atoms with Crippen LogP contribution in [0, 0.1) is 11.8 Å². The smallest absolute Gasteiger partial charge is 0.231 e. The molecule has 0 aromatic heterocycles. The summed E-state index contributed by atoms with van der Waals surface area (Å²) in [5.41, 5.74) is 0.640. The molecule has 5 nitrogen and oxygen atoms in total. The Bertz CT molecular complexity index is 706. The van der Waals surface area contributed by atoms with Gasteiger partial charge in [-0.1, -0.05) is 29.3 Å². The Morgan fingerprint density at radius 3 is 2.52 bits per heavy atom. The number of anilines is 1. The molecule has 0 radical (unpaired) electrons. The lowest BCUT2D eigenvalue weighted by molar-refractivity contribution is -0.136. The monoisotopic (exact) mass is 411 g/mol. The minimum atomic E-state index is -0.196. The van der Waals surface area contributed by atoms with Gasteiger partial charge in [-0.05, 0) is 51.9 Å². The van der Waals surface area contributed by atoms with Gasteiger partial charge in [-0.15, -0.1) is 0 Å². The summed E-state index contributed by atoms with van der Waals surface area (Å²) < 4.78 is 0. The summed E-state index contributed by atoms with van der Waals surface area (Å²) in [6.45, 7) is 2.50. The number of carbonyl (C=O) groups is 2. The molecule has 2 aliphatic rings. The van der Waals surface area contributed by atoms with Gasteiger partial charge in [0.05, 0.1) is 21.7 Å². The fourth-order valence-corrected chi connectivity index (χ4v) is 3.94. The molecule has 1 heterocycles. The van der Waals surface area contributed by atoms with E-state index in [-0.39, 0.29) is 23.7 Å². The van der Waals surface area contributed by atoms with Gasteiger partial charge in [-0.2, -0.15) is 0 Å². The molecule has 2 amide bonds. The molecule has 0 spiro atoms. The van der Waals surface area contributed by atoms with Crippen molar-refractivity contribution in [1.29, 1.82) is 0 Å². The summed E-state index contributed by atoms with van der Waals surface area (Å²) in [4.78, 5) is 31.5. The third-order valence-electron chi connectivity index (χ3n) is 5.27. The maximum Gasteiger partial charge on any atom is 0.231 e. The quantitative estimate of drug-likeness (QED) is 0.718. The van der Waals surface area contributed by atoms with Gasteiger partial charge in [0.1, 0.15) is 0 Å². The largest absolute Gasteiger partial charge is 0.342 e. The van der Waals surface area contributed by atoms with Crippen LogP contribution in [0.25, 0.3) is 0 Å². The van der Waals surface area contributed by atoms with Gasteiger partial charge < -0.3 is 14.7 Å². The number of carbonyl (C=O) groups excluding carboxylic acids is 2. The van der Waals surface area contributed by atoms with Crippen molar-refractivity contribution in [3.63, 3.8) is 0 Å². The van der Waals surface area contributed by atoms with E-state index >= 15 is 0 Å². The van der Waals surface area contributed by atoms with E-state index in [9.17, 15) is 9.59 Å². The summed E-state index contributed by atoms with van der Waals surface area (Å²) in [5.74, 6) is 0.229. The Balaban J connectivity index is 1.79. The Labute approximate surface area is 171 Å². The molecule has 1 aliphatic carbocycles. The molecule has 1 unspecified atom stereocenters. The van der Waals surface area contributed by atoms with Crippen LogP contribution in [0.15, 0.2) is 18.2 Å². The molecular weight excluding hydrogens is 385 g/mol. The van der Waals surface area contributed by atoms with Gasteiger partial charge in [-0.25, -0.2) is 0 Å². The van der Waals surface area contributed by atoms with E-state index < -0.39 is 0 Å². The molecule has 1 saturated heterocycles. The molecule has 0 N–H and O–H groups in total. The number of piperidine rings is 1. The summed E-state index contributed by atoms with van der Waals surface area (Å²) in [5, 5.41) is 0.832. The standard InChI is InChI=1S/C20H27Cl2N3O2/c1-23(2)11-12-25(17-7-3-6-16(21)18(17)22)20(27)15-5-4-10-24(13-15)19(26)14-8-9-14/h3,6-7,14-15H,4-5,8-13H2,1-2H3. The fraction of sp³-hybridized carbons (Fsp3) is 0.600. The summed E-state index contributed by atoms with van der Waals surface area (Å²) >= 11 is 12.6. The molecule has 7 heteroatoms. The van der Waals surface area contributed by atoms with Crippen LogP contribution >= 0.6 is 23.2 Å². The first-order valence-corrected chi connectivity index (χ1v) is 10.3. The van der Waals surface area contributed by atoms with Crippen molar-refractivity contribution < 1.29 is 9.59 Å². The van der Waals surface area contributed by atoms with Gasteiger partial charge >= 0.3 is 0 Å². The van der Waals surface area contributed by atoms with Crippen molar-refractivity contribution in [1.82, 2.24) is 9.80 Å². The number of benzene rings is 1. The van der Waals surface area contributed by atoms with E-state index in [1.54, 1.807) is 11.0 Å². The number of hydrogen-bond acceptors (Lipinski definition) is 3. The maximum atomic E-state index is 13.4. The van der Waals surface area contributed by atoms with E-state index in [1.807, 2.05) is 36.0 Å². The number of likely N-dealkylation sites (tertiary alicyclic amines) is 1. The highest BCUT2D eigenvalue weighted by Gasteiger charge is 2.38. The second-order valence-electron chi connectivity index (χ2n) is 7.76. The predicted octanol–water partition coefficient (Wildman–Crippen LogP) is 3.54. The van der Waals surface area contributed by atoms with Crippen LogP contribution in [0.5, 0.6) is 0 Å². The lowest BCUT2D eigenvalue weighted by Crippen LogP contribution is -2.48. The molecule has 2 fully saturated rings. The third-order valence-corrected chi connectivity index (χ3v) is 6.08. The first kappa shape index (κ1) is 20.4. The SMILES string of the molecule is CN(C)CCN(C(=O)C1CCCN(C(=O)C2CC2)C1)c1cccc(Cl)c1Cl. The van der Waals surface area contributed by atoms with Crippen LogP contribution in [0.4, 0.5) is 5.69 Å². The Morgan fingerprint density at radius 2 is 1.85 bits per heavy atom. The molecule has 148 valence electrons. The van der Waals surface area contributed by atoms with E-state index in [0.29, 0.717) is 35.4 Å². The van der Waals surface area contributed by atoms with Crippen molar-refractivity contribution in [3.05, 3.63) is 28.2 Å². The van der Waals surface area contributed by atoms with Gasteiger partial charge in [0, 0.05) is 32.1 Å². The molecule has 1 aromatic carbocycles. The van der Waals surface area contributed by atoms with E-state index in [4.69, 9.17) is 23.2 Å². The zero-order valence-electron chi connectivity index (χ0n) is 16.0. The maximum absolute atomic E-state index is 13.4. The topological polar surface area (TPSA) is 43.9 Å². The highest BCUT2D eigenvalue weighted by Crippen LogP contribution is 2.35. The predicted molar refractivity (Wildman–Crippen MR) is 109 cm³/mol. The molecule has 27 heavy (non-hydrogen) atoms. The number of rotatable bonds is 6. The van der Waals surface area contributed by atoms with Crippen molar-refractivity contribution in [2.75, 3.05) is 45.2 Å². The van der Waals surface area contributed by atoms with Crippen LogP contribution in [0.1, 0.15) is 25.7 Å². The van der Waals surface area contributed by atoms with Crippen molar-refractivity contribution in [2.45, 2.75) is 25.7 Å². The number of nitrogens with zero attached hydrogens (tertiary/aromatic N) is 3.